The zero-order valence-corrected chi connectivity index (χ0v) is 13.3. The second-order valence-corrected chi connectivity index (χ2v) is 6.79. The van der Waals surface area contributed by atoms with Gasteiger partial charge in [0.25, 0.3) is 0 Å². The SMILES string of the molecule is CCOc1ccc(S(=O)(=O)N2CC=CCC2)cc1CNC. The topological polar surface area (TPSA) is 58.6 Å². The van der Waals surface area contributed by atoms with Gasteiger partial charge in [0.15, 0.2) is 0 Å². The van der Waals surface area contributed by atoms with Crippen LogP contribution in [0.25, 0.3) is 0 Å². The van der Waals surface area contributed by atoms with E-state index in [0.717, 1.165) is 17.7 Å². The Labute approximate surface area is 126 Å². The van der Waals surface area contributed by atoms with Crippen molar-refractivity contribution in [2.45, 2.75) is 24.8 Å². The van der Waals surface area contributed by atoms with Gasteiger partial charge in [-0.15, -0.1) is 0 Å². The van der Waals surface area contributed by atoms with Crippen LogP contribution in [0.2, 0.25) is 0 Å². The summed E-state index contributed by atoms with van der Waals surface area (Å²) in [5, 5.41) is 3.04. The van der Waals surface area contributed by atoms with E-state index in [0.29, 0.717) is 31.1 Å². The van der Waals surface area contributed by atoms with E-state index >= 15 is 0 Å². The van der Waals surface area contributed by atoms with E-state index in [1.54, 1.807) is 18.2 Å². The molecule has 1 aliphatic rings. The molecular weight excluding hydrogens is 288 g/mol. The molecule has 0 radical (unpaired) electrons. The maximum atomic E-state index is 12.6. The lowest BCUT2D eigenvalue weighted by molar-refractivity contribution is 0.335. The highest BCUT2D eigenvalue weighted by Crippen LogP contribution is 2.25. The van der Waals surface area contributed by atoms with Crippen molar-refractivity contribution < 1.29 is 13.2 Å². The summed E-state index contributed by atoms with van der Waals surface area (Å²) >= 11 is 0. The van der Waals surface area contributed by atoms with Crippen LogP contribution in [0.1, 0.15) is 18.9 Å². The van der Waals surface area contributed by atoms with Crippen LogP contribution < -0.4 is 10.1 Å². The molecule has 0 saturated carbocycles. The van der Waals surface area contributed by atoms with Crippen molar-refractivity contribution in [3.8, 4) is 5.75 Å². The van der Waals surface area contributed by atoms with Gasteiger partial charge >= 0.3 is 0 Å². The van der Waals surface area contributed by atoms with E-state index in [1.165, 1.54) is 4.31 Å². The second-order valence-electron chi connectivity index (χ2n) is 4.86. The molecule has 0 atom stereocenters. The fourth-order valence-corrected chi connectivity index (χ4v) is 3.79. The van der Waals surface area contributed by atoms with Gasteiger partial charge < -0.3 is 10.1 Å². The van der Waals surface area contributed by atoms with Crippen LogP contribution >= 0.6 is 0 Å². The van der Waals surface area contributed by atoms with Gasteiger partial charge in [0.05, 0.1) is 11.5 Å². The number of hydrogen-bond donors (Lipinski definition) is 1. The predicted molar refractivity (Wildman–Crippen MR) is 82.9 cm³/mol. The Balaban J connectivity index is 2.34. The molecule has 1 aromatic rings. The Hall–Kier alpha value is -1.37. The number of rotatable bonds is 6. The number of sulfonamides is 1. The van der Waals surface area contributed by atoms with Gasteiger partial charge in [-0.1, -0.05) is 12.2 Å². The van der Waals surface area contributed by atoms with Gasteiger partial charge in [0, 0.05) is 25.2 Å². The van der Waals surface area contributed by atoms with Crippen LogP contribution in [0.5, 0.6) is 5.75 Å². The summed E-state index contributed by atoms with van der Waals surface area (Å²) in [7, 11) is -1.61. The summed E-state index contributed by atoms with van der Waals surface area (Å²) in [5.41, 5.74) is 0.855. The first kappa shape index (κ1) is 16.0. The molecule has 0 fully saturated rings. The summed E-state index contributed by atoms with van der Waals surface area (Å²) in [6, 6.07) is 5.07. The van der Waals surface area contributed by atoms with Crippen molar-refractivity contribution in [1.82, 2.24) is 9.62 Å². The number of benzene rings is 1. The Bertz CT molecular complexity index is 611. The molecule has 2 rings (SSSR count). The first-order valence-corrected chi connectivity index (χ1v) is 8.59. The third-order valence-electron chi connectivity index (χ3n) is 3.36. The highest BCUT2D eigenvalue weighted by Gasteiger charge is 2.25. The fraction of sp³-hybridized carbons (Fsp3) is 0.467. The summed E-state index contributed by atoms with van der Waals surface area (Å²) in [6.45, 7) is 4.01. The molecule has 0 amide bonds. The van der Waals surface area contributed by atoms with Gasteiger partial charge in [-0.25, -0.2) is 8.42 Å². The third kappa shape index (κ3) is 3.64. The normalized spacial score (nSPS) is 16.1. The van der Waals surface area contributed by atoms with Crippen LogP contribution in [0.4, 0.5) is 0 Å². The summed E-state index contributed by atoms with van der Waals surface area (Å²) in [5.74, 6) is 0.726. The largest absolute Gasteiger partial charge is 0.494 e. The van der Waals surface area contributed by atoms with E-state index in [-0.39, 0.29) is 0 Å². The number of nitrogens with one attached hydrogen (secondary N) is 1. The van der Waals surface area contributed by atoms with E-state index in [4.69, 9.17) is 4.74 Å². The molecule has 0 saturated heterocycles. The molecular formula is C15H22N2O3S. The van der Waals surface area contributed by atoms with Crippen molar-refractivity contribution in [2.24, 2.45) is 0 Å². The first-order valence-electron chi connectivity index (χ1n) is 7.15. The van der Waals surface area contributed by atoms with Crippen LogP contribution in [-0.4, -0.2) is 39.5 Å². The maximum absolute atomic E-state index is 12.6. The zero-order valence-electron chi connectivity index (χ0n) is 12.5. The summed E-state index contributed by atoms with van der Waals surface area (Å²) in [4.78, 5) is 0.325. The zero-order chi connectivity index (χ0) is 15.3. The molecule has 0 aliphatic carbocycles. The fourth-order valence-electron chi connectivity index (χ4n) is 2.33. The molecule has 116 valence electrons. The lowest BCUT2D eigenvalue weighted by Gasteiger charge is -2.23. The smallest absolute Gasteiger partial charge is 0.243 e. The molecule has 5 nitrogen and oxygen atoms in total. The maximum Gasteiger partial charge on any atom is 0.243 e. The van der Waals surface area contributed by atoms with Crippen molar-refractivity contribution >= 4 is 10.0 Å². The Morgan fingerprint density at radius 2 is 2.14 bits per heavy atom. The number of hydrogen-bond acceptors (Lipinski definition) is 4. The molecule has 21 heavy (non-hydrogen) atoms. The van der Waals surface area contributed by atoms with Crippen LogP contribution in [0, 0.1) is 0 Å². The van der Waals surface area contributed by atoms with Gasteiger partial charge in [-0.3, -0.25) is 0 Å². The Morgan fingerprint density at radius 3 is 2.76 bits per heavy atom. The predicted octanol–water partition coefficient (Wildman–Crippen LogP) is 1.76. The molecule has 1 aromatic carbocycles. The van der Waals surface area contributed by atoms with E-state index in [2.05, 4.69) is 5.32 Å². The van der Waals surface area contributed by atoms with Crippen LogP contribution in [0.15, 0.2) is 35.2 Å². The van der Waals surface area contributed by atoms with Gasteiger partial charge in [0.1, 0.15) is 5.75 Å². The van der Waals surface area contributed by atoms with Crippen LogP contribution in [0.3, 0.4) is 0 Å². The first-order chi connectivity index (χ1) is 10.1. The Kier molecular flexibility index (Phi) is 5.39. The van der Waals surface area contributed by atoms with E-state index < -0.39 is 10.0 Å². The number of nitrogens with zero attached hydrogens (tertiary/aromatic N) is 1. The molecule has 0 unspecified atom stereocenters. The van der Waals surface area contributed by atoms with Gasteiger partial charge in [0.2, 0.25) is 10.0 Å². The van der Waals surface area contributed by atoms with Crippen molar-refractivity contribution in [1.29, 1.82) is 0 Å². The van der Waals surface area contributed by atoms with Gasteiger partial charge in [-0.05, 0) is 38.6 Å². The average Bonchev–Trinajstić information content (AvgIpc) is 2.50. The number of ether oxygens (including phenoxy) is 1. The average molecular weight is 310 g/mol. The molecule has 1 N–H and O–H groups in total. The minimum absolute atomic E-state index is 0.325. The molecule has 0 spiro atoms. The van der Waals surface area contributed by atoms with Crippen molar-refractivity contribution in [3.63, 3.8) is 0 Å². The van der Waals surface area contributed by atoms with Gasteiger partial charge in [-0.2, -0.15) is 4.31 Å². The second kappa shape index (κ2) is 7.06. The van der Waals surface area contributed by atoms with E-state index in [1.807, 2.05) is 26.1 Å². The van der Waals surface area contributed by atoms with E-state index in [9.17, 15) is 8.42 Å². The highest BCUT2D eigenvalue weighted by atomic mass is 32.2. The molecule has 0 aromatic heterocycles. The standard InChI is InChI=1S/C15H22N2O3S/c1-3-20-15-8-7-14(11-13(15)12-16-2)21(18,19)17-9-5-4-6-10-17/h4-5,7-8,11,16H,3,6,9-10,12H2,1-2H3. The molecule has 0 bridgehead atoms. The third-order valence-corrected chi connectivity index (χ3v) is 5.22. The minimum Gasteiger partial charge on any atom is -0.494 e. The molecule has 1 heterocycles. The van der Waals surface area contributed by atoms with Crippen molar-refractivity contribution in [3.05, 3.63) is 35.9 Å². The lowest BCUT2D eigenvalue weighted by atomic mass is 10.2. The summed E-state index contributed by atoms with van der Waals surface area (Å²) < 4.78 is 32.3. The van der Waals surface area contributed by atoms with Crippen LogP contribution in [-0.2, 0) is 16.6 Å². The summed E-state index contributed by atoms with van der Waals surface area (Å²) in [6.07, 6.45) is 4.67. The minimum atomic E-state index is -3.44. The van der Waals surface area contributed by atoms with Crippen molar-refractivity contribution in [2.75, 3.05) is 26.7 Å². The molecule has 1 aliphatic heterocycles. The Morgan fingerprint density at radius 1 is 1.33 bits per heavy atom. The monoisotopic (exact) mass is 310 g/mol. The highest BCUT2D eigenvalue weighted by molar-refractivity contribution is 7.89. The molecule has 6 heteroatoms. The quantitative estimate of drug-likeness (QED) is 0.813. The lowest BCUT2D eigenvalue weighted by Crippen LogP contribution is -2.33.